The van der Waals surface area contributed by atoms with Crippen molar-refractivity contribution in [3.63, 3.8) is 0 Å². The van der Waals surface area contributed by atoms with E-state index in [1.807, 2.05) is 0 Å². The second-order valence-corrected chi connectivity index (χ2v) is 3.91. The molecule has 0 spiro atoms. The second-order valence-electron chi connectivity index (χ2n) is 3.10. The average Bonchev–Trinajstić information content (AvgIpc) is 2.61. The van der Waals surface area contributed by atoms with E-state index < -0.39 is 5.82 Å². The van der Waals surface area contributed by atoms with Crippen molar-refractivity contribution in [2.45, 2.75) is 6.73 Å². The summed E-state index contributed by atoms with van der Waals surface area (Å²) in [6.07, 6.45) is 4.26. The molecule has 4 nitrogen and oxygen atoms in total. The molecule has 0 fully saturated rings. The van der Waals surface area contributed by atoms with Gasteiger partial charge in [0.05, 0.1) is 24.2 Å². The van der Waals surface area contributed by atoms with E-state index in [4.69, 9.17) is 4.74 Å². The Morgan fingerprint density at radius 1 is 1.40 bits per heavy atom. The molecule has 1 aliphatic rings. The Hall–Kier alpha value is -1.43. The van der Waals surface area contributed by atoms with Crippen molar-refractivity contribution in [2.24, 2.45) is 0 Å². The molecule has 0 aliphatic carbocycles. The lowest BCUT2D eigenvalue weighted by Crippen LogP contribution is -2.14. The van der Waals surface area contributed by atoms with Gasteiger partial charge in [0.2, 0.25) is 0 Å². The molecule has 3 rings (SSSR count). The number of imidazole rings is 1. The number of rotatable bonds is 0. The summed E-state index contributed by atoms with van der Waals surface area (Å²) in [4.78, 5) is 7.86. The Morgan fingerprint density at radius 2 is 2.27 bits per heavy atom. The average molecular weight is 270 g/mol. The van der Waals surface area contributed by atoms with E-state index in [9.17, 15) is 4.39 Å². The van der Waals surface area contributed by atoms with E-state index in [2.05, 4.69) is 25.9 Å². The number of pyridine rings is 1. The van der Waals surface area contributed by atoms with Crippen LogP contribution in [-0.4, -0.2) is 14.5 Å². The number of halogens is 2. The minimum atomic E-state index is -0.424. The lowest BCUT2D eigenvalue weighted by molar-refractivity contribution is 0.225. The fourth-order valence-corrected chi connectivity index (χ4v) is 1.93. The van der Waals surface area contributed by atoms with Crippen molar-refractivity contribution in [3.05, 3.63) is 29.0 Å². The van der Waals surface area contributed by atoms with E-state index in [0.29, 0.717) is 23.9 Å². The monoisotopic (exact) mass is 269 g/mol. The van der Waals surface area contributed by atoms with Gasteiger partial charge in [-0.3, -0.25) is 9.55 Å². The van der Waals surface area contributed by atoms with Crippen LogP contribution >= 0.6 is 15.9 Å². The maximum atomic E-state index is 13.5. The van der Waals surface area contributed by atoms with Gasteiger partial charge in [-0.2, -0.15) is 0 Å². The fraction of sp³-hybridized carbons (Fsp3) is 0.111. The summed E-state index contributed by atoms with van der Waals surface area (Å²) < 4.78 is 21.4. The third kappa shape index (κ3) is 1.18. The van der Waals surface area contributed by atoms with Gasteiger partial charge in [0.25, 0.3) is 0 Å². The molecule has 0 saturated heterocycles. The molecule has 0 N–H and O–H groups in total. The Kier molecular flexibility index (Phi) is 1.79. The van der Waals surface area contributed by atoms with Crippen molar-refractivity contribution in [1.29, 1.82) is 0 Å². The van der Waals surface area contributed by atoms with Gasteiger partial charge in [0, 0.05) is 0 Å². The minimum Gasteiger partial charge on any atom is -0.470 e. The first kappa shape index (κ1) is 8.84. The highest BCUT2D eigenvalue weighted by atomic mass is 79.9. The minimum absolute atomic E-state index is 0.314. The molecule has 2 aromatic heterocycles. The van der Waals surface area contributed by atoms with Crippen LogP contribution in [0.5, 0.6) is 5.75 Å². The quantitative estimate of drug-likeness (QED) is 0.736. The molecule has 2 aromatic rings. The third-order valence-corrected chi connectivity index (χ3v) is 2.88. The van der Waals surface area contributed by atoms with Gasteiger partial charge in [0.1, 0.15) is 10.4 Å². The largest absolute Gasteiger partial charge is 0.470 e. The van der Waals surface area contributed by atoms with Gasteiger partial charge in [-0.1, -0.05) is 0 Å². The predicted octanol–water partition coefficient (Wildman–Crippen LogP) is 2.20. The molecular formula is C9H5BrFN3O. The van der Waals surface area contributed by atoms with Gasteiger partial charge in [-0.15, -0.1) is 0 Å². The molecule has 3 heterocycles. The van der Waals surface area contributed by atoms with Crippen LogP contribution in [0.25, 0.3) is 11.4 Å². The normalized spacial score (nSPS) is 12.9. The maximum absolute atomic E-state index is 13.5. The fourth-order valence-electron chi connectivity index (χ4n) is 1.56. The molecule has 15 heavy (non-hydrogen) atoms. The third-order valence-electron chi connectivity index (χ3n) is 2.24. The summed E-state index contributed by atoms with van der Waals surface area (Å²) in [6, 6.07) is 0. The number of hydrogen-bond acceptors (Lipinski definition) is 3. The summed E-state index contributed by atoms with van der Waals surface area (Å²) in [5.74, 6) is 0.565. The van der Waals surface area contributed by atoms with Gasteiger partial charge in [0.15, 0.2) is 18.3 Å². The van der Waals surface area contributed by atoms with Crippen molar-refractivity contribution in [2.75, 3.05) is 0 Å². The molecule has 1 aliphatic heterocycles. The zero-order valence-electron chi connectivity index (χ0n) is 7.44. The summed E-state index contributed by atoms with van der Waals surface area (Å²) >= 11 is 3.31. The van der Waals surface area contributed by atoms with Gasteiger partial charge in [-0.25, -0.2) is 9.37 Å². The zero-order chi connectivity index (χ0) is 10.4. The van der Waals surface area contributed by atoms with Crippen LogP contribution < -0.4 is 4.74 Å². The first-order valence-corrected chi connectivity index (χ1v) is 5.04. The first-order valence-electron chi connectivity index (χ1n) is 4.25. The number of hydrogen-bond donors (Lipinski definition) is 0. The number of fused-ring (bicyclic) bond motifs is 3. The maximum Gasteiger partial charge on any atom is 0.167 e. The van der Waals surface area contributed by atoms with E-state index in [0.717, 1.165) is 10.8 Å². The Morgan fingerprint density at radius 3 is 3.13 bits per heavy atom. The highest BCUT2D eigenvalue weighted by Gasteiger charge is 2.23. The van der Waals surface area contributed by atoms with Crippen LogP contribution in [0, 0.1) is 5.82 Å². The molecular weight excluding hydrogens is 265 g/mol. The van der Waals surface area contributed by atoms with Crippen LogP contribution in [-0.2, 0) is 6.73 Å². The molecule has 0 unspecified atom stereocenters. The molecule has 76 valence electrons. The Bertz CT molecular complexity index is 540. The Balaban J connectivity index is 2.33. The van der Waals surface area contributed by atoms with Crippen LogP contribution in [0.2, 0.25) is 0 Å². The summed E-state index contributed by atoms with van der Waals surface area (Å²) in [7, 11) is 0. The molecule has 0 radical (unpaired) electrons. The van der Waals surface area contributed by atoms with Crippen molar-refractivity contribution in [1.82, 2.24) is 14.5 Å². The molecule has 6 heteroatoms. The Labute approximate surface area is 92.9 Å². The van der Waals surface area contributed by atoms with E-state index in [1.165, 1.54) is 6.20 Å². The summed E-state index contributed by atoms with van der Waals surface area (Å²) in [5.41, 5.74) is 0.363. The highest BCUT2D eigenvalue weighted by molar-refractivity contribution is 9.10. The lowest BCUT2D eigenvalue weighted by Gasteiger charge is -2.19. The van der Waals surface area contributed by atoms with Gasteiger partial charge in [-0.05, 0) is 15.9 Å². The van der Waals surface area contributed by atoms with E-state index in [1.54, 1.807) is 10.8 Å². The molecule has 0 bridgehead atoms. The van der Waals surface area contributed by atoms with Crippen LogP contribution in [0.1, 0.15) is 0 Å². The van der Waals surface area contributed by atoms with E-state index in [-0.39, 0.29) is 0 Å². The summed E-state index contributed by atoms with van der Waals surface area (Å²) in [5, 5.41) is 0. The lowest BCUT2D eigenvalue weighted by atomic mass is 10.2. The topological polar surface area (TPSA) is 39.9 Å². The smallest absolute Gasteiger partial charge is 0.167 e. The predicted molar refractivity (Wildman–Crippen MR) is 53.7 cm³/mol. The molecule has 0 amide bonds. The molecule has 0 atom stereocenters. The standard InChI is InChI=1S/C9H5BrFN3O/c10-7-3-13-9-8-5(11)1-12-2-6(8)15-4-14(7)9/h1-3H,4H2. The van der Waals surface area contributed by atoms with Gasteiger partial charge < -0.3 is 4.74 Å². The van der Waals surface area contributed by atoms with Crippen molar-refractivity contribution in [3.8, 4) is 17.1 Å². The first-order chi connectivity index (χ1) is 7.27. The zero-order valence-corrected chi connectivity index (χ0v) is 9.03. The number of ether oxygens (including phenoxy) is 1. The SMILES string of the molecule is Fc1cncc2c1-c1ncc(Br)n1CO2. The van der Waals surface area contributed by atoms with Crippen LogP contribution in [0.3, 0.4) is 0 Å². The van der Waals surface area contributed by atoms with E-state index >= 15 is 0 Å². The number of nitrogens with zero attached hydrogens (tertiary/aromatic N) is 3. The highest BCUT2D eigenvalue weighted by Crippen LogP contribution is 2.36. The van der Waals surface area contributed by atoms with Crippen LogP contribution in [0.4, 0.5) is 4.39 Å². The van der Waals surface area contributed by atoms with Crippen molar-refractivity contribution >= 4 is 15.9 Å². The van der Waals surface area contributed by atoms with Gasteiger partial charge >= 0.3 is 0 Å². The second kappa shape index (κ2) is 3.03. The summed E-state index contributed by atoms with van der Waals surface area (Å²) in [6.45, 7) is 0.314. The van der Waals surface area contributed by atoms with Crippen LogP contribution in [0.15, 0.2) is 23.2 Å². The molecule has 0 aromatic carbocycles. The molecule has 0 saturated carbocycles. The van der Waals surface area contributed by atoms with Crippen molar-refractivity contribution < 1.29 is 9.13 Å². The number of aromatic nitrogens is 3.